The van der Waals surface area contributed by atoms with E-state index < -0.39 is 11.7 Å². The molecule has 1 aromatic rings. The monoisotopic (exact) mass is 215 g/mol. The number of benzene rings is 1. The molecule has 1 N–H and O–H groups in total. The quantitative estimate of drug-likeness (QED) is 0.758. The fourth-order valence-electron chi connectivity index (χ4n) is 1.90. The smallest absolute Gasteiger partial charge is 0.310 e. The largest absolute Gasteiger partial charge is 0.416 e. The van der Waals surface area contributed by atoms with Gasteiger partial charge in [0.1, 0.15) is 0 Å². The second-order valence-corrected chi connectivity index (χ2v) is 3.77. The van der Waals surface area contributed by atoms with Crippen molar-refractivity contribution in [3.63, 3.8) is 0 Å². The molecule has 1 fully saturated rings. The Kier molecular flexibility index (Phi) is 2.69. The van der Waals surface area contributed by atoms with Crippen molar-refractivity contribution in [2.24, 2.45) is 0 Å². The maximum atomic E-state index is 12.4. The van der Waals surface area contributed by atoms with Gasteiger partial charge in [0.2, 0.25) is 0 Å². The lowest BCUT2D eigenvalue weighted by Crippen LogP contribution is -2.14. The fraction of sp³-hybridized carbons (Fsp3) is 0.455. The number of hydrogen-bond acceptors (Lipinski definition) is 1. The van der Waals surface area contributed by atoms with E-state index in [4.69, 9.17) is 0 Å². The molecule has 1 aliphatic rings. The first-order chi connectivity index (χ1) is 7.07. The molecule has 1 heterocycles. The van der Waals surface area contributed by atoms with Gasteiger partial charge in [0.25, 0.3) is 0 Å². The zero-order valence-corrected chi connectivity index (χ0v) is 8.14. The van der Waals surface area contributed by atoms with Crippen LogP contribution in [0.15, 0.2) is 24.3 Å². The van der Waals surface area contributed by atoms with Crippen molar-refractivity contribution in [2.45, 2.75) is 25.1 Å². The van der Waals surface area contributed by atoms with Gasteiger partial charge in [0.15, 0.2) is 0 Å². The topological polar surface area (TPSA) is 12.0 Å². The van der Waals surface area contributed by atoms with Gasteiger partial charge in [-0.3, -0.25) is 0 Å². The average Bonchev–Trinajstić information content (AvgIpc) is 2.69. The molecule has 2 rings (SSSR count). The molecule has 1 aliphatic heterocycles. The van der Waals surface area contributed by atoms with Crippen LogP contribution in [0.5, 0.6) is 0 Å². The van der Waals surface area contributed by atoms with Gasteiger partial charge < -0.3 is 5.32 Å². The summed E-state index contributed by atoms with van der Waals surface area (Å²) in [6.45, 7) is 0.890. The summed E-state index contributed by atoms with van der Waals surface area (Å²) in [5.74, 6) is 0. The van der Waals surface area contributed by atoms with Crippen LogP contribution in [0.2, 0.25) is 0 Å². The number of hydrogen-bond donors (Lipinski definition) is 1. The molecule has 0 saturated carbocycles. The minimum atomic E-state index is -4.24. The lowest BCUT2D eigenvalue weighted by atomic mass is 10.0. The first-order valence-electron chi connectivity index (χ1n) is 4.98. The molecule has 1 atom stereocenters. The highest BCUT2D eigenvalue weighted by atomic mass is 19.4. The summed E-state index contributed by atoms with van der Waals surface area (Å²) in [5.41, 5.74) is 0.177. The standard InChI is InChI=1S/C11H12F3N/c12-11(13,14)9-4-1-3-8(7-9)10-5-2-6-15-10/h1,3-4,7,10,15H,2,5-6H2/t10-/m1/s1. The highest BCUT2D eigenvalue weighted by Crippen LogP contribution is 2.32. The van der Waals surface area contributed by atoms with Gasteiger partial charge in [0, 0.05) is 6.04 Å². The molecular weight excluding hydrogens is 203 g/mol. The number of alkyl halides is 3. The summed E-state index contributed by atoms with van der Waals surface area (Å²) in [4.78, 5) is 0. The van der Waals surface area contributed by atoms with Crippen molar-refractivity contribution in [2.75, 3.05) is 6.54 Å². The van der Waals surface area contributed by atoms with Crippen molar-refractivity contribution in [3.8, 4) is 0 Å². The van der Waals surface area contributed by atoms with Gasteiger partial charge in [-0.05, 0) is 37.1 Å². The van der Waals surface area contributed by atoms with Crippen molar-refractivity contribution in [1.29, 1.82) is 0 Å². The Morgan fingerprint density at radius 1 is 1.27 bits per heavy atom. The van der Waals surface area contributed by atoms with Crippen LogP contribution in [0.1, 0.15) is 30.0 Å². The molecule has 15 heavy (non-hydrogen) atoms. The van der Waals surface area contributed by atoms with Crippen LogP contribution in [-0.2, 0) is 6.18 Å². The zero-order valence-electron chi connectivity index (χ0n) is 8.14. The normalized spacial score (nSPS) is 21.9. The van der Waals surface area contributed by atoms with E-state index in [0.29, 0.717) is 0 Å². The summed E-state index contributed by atoms with van der Waals surface area (Å²) in [6.07, 6.45) is -2.29. The third-order valence-corrected chi connectivity index (χ3v) is 2.68. The summed E-state index contributed by atoms with van der Waals surface area (Å²) in [5, 5.41) is 3.18. The van der Waals surface area contributed by atoms with Crippen molar-refractivity contribution < 1.29 is 13.2 Å². The van der Waals surface area contributed by atoms with E-state index in [1.807, 2.05) is 0 Å². The van der Waals surface area contributed by atoms with Crippen molar-refractivity contribution >= 4 is 0 Å². The Balaban J connectivity index is 2.26. The number of halogens is 3. The van der Waals surface area contributed by atoms with Gasteiger partial charge in [-0.15, -0.1) is 0 Å². The summed E-state index contributed by atoms with van der Waals surface area (Å²) < 4.78 is 37.3. The Hall–Kier alpha value is -1.03. The Bertz CT molecular complexity index is 340. The molecule has 1 saturated heterocycles. The lowest BCUT2D eigenvalue weighted by Gasteiger charge is -2.13. The highest BCUT2D eigenvalue weighted by Gasteiger charge is 2.31. The molecule has 0 spiro atoms. The summed E-state index contributed by atoms with van der Waals surface area (Å²) in [7, 11) is 0. The number of rotatable bonds is 1. The molecular formula is C11H12F3N. The summed E-state index contributed by atoms with van der Waals surface area (Å²) in [6, 6.07) is 5.66. The molecule has 0 amide bonds. The molecule has 0 bridgehead atoms. The van der Waals surface area contributed by atoms with Gasteiger partial charge in [0.05, 0.1) is 5.56 Å². The van der Waals surface area contributed by atoms with Crippen LogP contribution in [0.25, 0.3) is 0 Å². The van der Waals surface area contributed by atoms with Crippen LogP contribution in [-0.4, -0.2) is 6.54 Å². The molecule has 0 unspecified atom stereocenters. The van der Waals surface area contributed by atoms with Crippen LogP contribution in [0.4, 0.5) is 13.2 Å². The minimum Gasteiger partial charge on any atom is -0.310 e. The van der Waals surface area contributed by atoms with E-state index >= 15 is 0 Å². The average molecular weight is 215 g/mol. The molecule has 0 aromatic heterocycles. The van der Waals surface area contributed by atoms with Crippen LogP contribution in [0, 0.1) is 0 Å². The van der Waals surface area contributed by atoms with E-state index in [0.717, 1.165) is 31.0 Å². The van der Waals surface area contributed by atoms with Gasteiger partial charge >= 0.3 is 6.18 Å². The SMILES string of the molecule is FC(F)(F)c1cccc([C@H]2CCCN2)c1. The predicted octanol–water partition coefficient (Wildman–Crippen LogP) is 3.13. The molecule has 1 aromatic carbocycles. The van der Waals surface area contributed by atoms with E-state index in [2.05, 4.69) is 5.32 Å². The van der Waals surface area contributed by atoms with Crippen LogP contribution in [0.3, 0.4) is 0 Å². The second-order valence-electron chi connectivity index (χ2n) is 3.77. The Labute approximate surface area is 86.3 Å². The predicted molar refractivity (Wildman–Crippen MR) is 51.4 cm³/mol. The first-order valence-corrected chi connectivity index (χ1v) is 4.98. The molecule has 82 valence electrons. The maximum Gasteiger partial charge on any atom is 0.416 e. The van der Waals surface area contributed by atoms with Gasteiger partial charge in [-0.2, -0.15) is 13.2 Å². The van der Waals surface area contributed by atoms with Crippen LogP contribution >= 0.6 is 0 Å². The van der Waals surface area contributed by atoms with Crippen molar-refractivity contribution in [1.82, 2.24) is 5.32 Å². The lowest BCUT2D eigenvalue weighted by molar-refractivity contribution is -0.137. The first kappa shape index (κ1) is 10.5. The Morgan fingerprint density at radius 3 is 2.67 bits per heavy atom. The molecule has 1 nitrogen and oxygen atoms in total. The number of nitrogens with one attached hydrogen (secondary N) is 1. The van der Waals surface area contributed by atoms with E-state index in [-0.39, 0.29) is 6.04 Å². The van der Waals surface area contributed by atoms with E-state index in [1.165, 1.54) is 12.1 Å². The molecule has 4 heteroatoms. The zero-order chi connectivity index (χ0) is 10.9. The van der Waals surface area contributed by atoms with Crippen LogP contribution < -0.4 is 5.32 Å². The maximum absolute atomic E-state index is 12.4. The molecule has 0 aliphatic carbocycles. The second kappa shape index (κ2) is 3.85. The molecule has 0 radical (unpaired) electrons. The fourth-order valence-corrected chi connectivity index (χ4v) is 1.90. The van der Waals surface area contributed by atoms with Gasteiger partial charge in [-0.1, -0.05) is 12.1 Å². The van der Waals surface area contributed by atoms with Gasteiger partial charge in [-0.25, -0.2) is 0 Å². The van der Waals surface area contributed by atoms with E-state index in [9.17, 15) is 13.2 Å². The van der Waals surface area contributed by atoms with E-state index in [1.54, 1.807) is 6.07 Å². The summed E-state index contributed by atoms with van der Waals surface area (Å²) >= 11 is 0. The highest BCUT2D eigenvalue weighted by molar-refractivity contribution is 5.28. The third kappa shape index (κ3) is 2.31. The minimum absolute atomic E-state index is 0.0901. The van der Waals surface area contributed by atoms with Crippen molar-refractivity contribution in [3.05, 3.63) is 35.4 Å². The Morgan fingerprint density at radius 2 is 2.07 bits per heavy atom. The third-order valence-electron chi connectivity index (χ3n) is 2.68.